The van der Waals surface area contributed by atoms with Gasteiger partial charge < -0.3 is 15.4 Å². The summed E-state index contributed by atoms with van der Waals surface area (Å²) in [6.07, 6.45) is 0.948. The quantitative estimate of drug-likeness (QED) is 0.855. The molecule has 0 aliphatic heterocycles. The minimum absolute atomic E-state index is 0.0887. The van der Waals surface area contributed by atoms with Gasteiger partial charge in [-0.25, -0.2) is 0 Å². The molecule has 0 aliphatic carbocycles. The monoisotopic (exact) mass is 284 g/mol. The Balaban J connectivity index is 1.92. The summed E-state index contributed by atoms with van der Waals surface area (Å²) in [4.78, 5) is 12.0. The van der Waals surface area contributed by atoms with Crippen LogP contribution in [0.25, 0.3) is 0 Å². The molecular weight excluding hydrogens is 264 g/mol. The number of rotatable bonds is 6. The van der Waals surface area contributed by atoms with Gasteiger partial charge in [0.25, 0.3) is 0 Å². The molecule has 4 nitrogen and oxygen atoms in total. The molecule has 2 N–H and O–H groups in total. The van der Waals surface area contributed by atoms with Crippen LogP contribution in [0.2, 0.25) is 0 Å². The van der Waals surface area contributed by atoms with Crippen molar-refractivity contribution in [2.24, 2.45) is 0 Å². The lowest BCUT2D eigenvalue weighted by molar-refractivity contribution is -0.114. The van der Waals surface area contributed by atoms with E-state index in [1.54, 1.807) is 7.11 Å². The molecule has 0 bridgehead atoms. The fourth-order valence-electron chi connectivity index (χ4n) is 2.04. The minimum Gasteiger partial charge on any atom is -0.495 e. The molecule has 1 amide bonds. The van der Waals surface area contributed by atoms with Gasteiger partial charge in [0.05, 0.1) is 19.3 Å². The molecule has 0 aromatic heterocycles. The Hall–Kier alpha value is -2.49. The SMILES string of the molecule is CCc1cccc(NC(=O)CNc2ccccc2OC)c1. The maximum Gasteiger partial charge on any atom is 0.243 e. The molecule has 0 atom stereocenters. The van der Waals surface area contributed by atoms with E-state index in [9.17, 15) is 4.79 Å². The number of anilines is 2. The first-order chi connectivity index (χ1) is 10.2. The number of benzene rings is 2. The number of ether oxygens (including phenoxy) is 1. The standard InChI is InChI=1S/C17H20N2O2/c1-3-13-7-6-8-14(11-13)19-17(20)12-18-15-9-4-5-10-16(15)21-2/h4-11,18H,3,12H2,1-2H3,(H,19,20). The number of carbonyl (C=O) groups excluding carboxylic acids is 1. The van der Waals surface area contributed by atoms with Gasteiger partial charge >= 0.3 is 0 Å². The summed E-state index contributed by atoms with van der Waals surface area (Å²) in [6, 6.07) is 15.4. The molecule has 2 aromatic rings. The second-order valence-corrected chi connectivity index (χ2v) is 4.66. The van der Waals surface area contributed by atoms with Gasteiger partial charge in [-0.05, 0) is 36.2 Å². The second kappa shape index (κ2) is 7.33. The lowest BCUT2D eigenvalue weighted by Gasteiger charge is -2.11. The predicted octanol–water partition coefficient (Wildman–Crippen LogP) is 3.31. The number of methoxy groups -OCH3 is 1. The number of hydrogen-bond donors (Lipinski definition) is 2. The summed E-state index contributed by atoms with van der Waals surface area (Å²) in [6.45, 7) is 2.28. The first-order valence-corrected chi connectivity index (χ1v) is 6.98. The van der Waals surface area contributed by atoms with Crippen LogP contribution in [0.5, 0.6) is 5.75 Å². The van der Waals surface area contributed by atoms with Gasteiger partial charge in [0.1, 0.15) is 5.75 Å². The summed E-state index contributed by atoms with van der Waals surface area (Å²) in [7, 11) is 1.61. The van der Waals surface area contributed by atoms with Crippen LogP contribution in [0.3, 0.4) is 0 Å². The average Bonchev–Trinajstić information content (AvgIpc) is 2.53. The zero-order chi connectivity index (χ0) is 15.1. The van der Waals surface area contributed by atoms with Crippen molar-refractivity contribution in [1.82, 2.24) is 0 Å². The fourth-order valence-corrected chi connectivity index (χ4v) is 2.04. The van der Waals surface area contributed by atoms with E-state index >= 15 is 0 Å². The number of aryl methyl sites for hydroxylation is 1. The summed E-state index contributed by atoms with van der Waals surface area (Å²) < 4.78 is 5.23. The number of amides is 1. The number of carbonyl (C=O) groups is 1. The second-order valence-electron chi connectivity index (χ2n) is 4.66. The first-order valence-electron chi connectivity index (χ1n) is 6.98. The van der Waals surface area contributed by atoms with Crippen LogP contribution in [-0.2, 0) is 11.2 Å². The highest BCUT2D eigenvalue weighted by atomic mass is 16.5. The Labute approximate surface area is 125 Å². The molecule has 4 heteroatoms. The smallest absolute Gasteiger partial charge is 0.243 e. The molecule has 0 unspecified atom stereocenters. The van der Waals surface area contributed by atoms with Gasteiger partial charge in [-0.2, -0.15) is 0 Å². The molecule has 110 valence electrons. The summed E-state index contributed by atoms with van der Waals surface area (Å²) in [5.74, 6) is 0.632. The van der Waals surface area contributed by atoms with Crippen LogP contribution < -0.4 is 15.4 Å². The number of nitrogens with one attached hydrogen (secondary N) is 2. The molecule has 2 aromatic carbocycles. The molecule has 0 heterocycles. The summed E-state index contributed by atoms with van der Waals surface area (Å²) >= 11 is 0. The van der Waals surface area contributed by atoms with Crippen molar-refractivity contribution >= 4 is 17.3 Å². The van der Waals surface area contributed by atoms with Crippen molar-refractivity contribution in [3.05, 3.63) is 54.1 Å². The van der Waals surface area contributed by atoms with E-state index in [-0.39, 0.29) is 12.5 Å². The topological polar surface area (TPSA) is 50.4 Å². The maximum atomic E-state index is 12.0. The molecule has 21 heavy (non-hydrogen) atoms. The van der Waals surface area contributed by atoms with Gasteiger partial charge in [0.15, 0.2) is 0 Å². The molecular formula is C17H20N2O2. The van der Waals surface area contributed by atoms with E-state index in [4.69, 9.17) is 4.74 Å². The lowest BCUT2D eigenvalue weighted by Crippen LogP contribution is -2.22. The molecule has 0 saturated carbocycles. The van der Waals surface area contributed by atoms with Gasteiger partial charge in [0, 0.05) is 5.69 Å². The van der Waals surface area contributed by atoms with Crippen LogP contribution in [0.15, 0.2) is 48.5 Å². The van der Waals surface area contributed by atoms with Crippen molar-refractivity contribution in [2.75, 3.05) is 24.3 Å². The zero-order valence-electron chi connectivity index (χ0n) is 12.3. The summed E-state index contributed by atoms with van der Waals surface area (Å²) in [5, 5.41) is 5.96. The van der Waals surface area contributed by atoms with Gasteiger partial charge in [0.2, 0.25) is 5.91 Å². The molecule has 0 aliphatic rings. The van der Waals surface area contributed by atoms with Gasteiger partial charge in [-0.1, -0.05) is 31.2 Å². The van der Waals surface area contributed by atoms with E-state index in [0.29, 0.717) is 0 Å². The maximum absolute atomic E-state index is 12.0. The first kappa shape index (κ1) is 14.9. The third-order valence-electron chi connectivity index (χ3n) is 3.17. The van der Waals surface area contributed by atoms with E-state index in [0.717, 1.165) is 23.5 Å². The Bertz CT molecular complexity index is 611. The predicted molar refractivity (Wildman–Crippen MR) is 85.9 cm³/mol. The number of hydrogen-bond acceptors (Lipinski definition) is 3. The van der Waals surface area contributed by atoms with Gasteiger partial charge in [-0.3, -0.25) is 4.79 Å². The van der Waals surface area contributed by atoms with Crippen molar-refractivity contribution in [3.63, 3.8) is 0 Å². The highest BCUT2D eigenvalue weighted by molar-refractivity contribution is 5.94. The molecule has 0 radical (unpaired) electrons. The Morgan fingerprint density at radius 1 is 1.14 bits per heavy atom. The lowest BCUT2D eigenvalue weighted by atomic mass is 10.1. The van der Waals surface area contributed by atoms with E-state index < -0.39 is 0 Å². The third kappa shape index (κ3) is 4.24. The Kier molecular flexibility index (Phi) is 5.21. The molecule has 0 saturated heterocycles. The van der Waals surface area contributed by atoms with Crippen LogP contribution >= 0.6 is 0 Å². The normalized spacial score (nSPS) is 10.0. The van der Waals surface area contributed by atoms with Crippen LogP contribution in [0.1, 0.15) is 12.5 Å². The van der Waals surface area contributed by atoms with Gasteiger partial charge in [-0.15, -0.1) is 0 Å². The largest absolute Gasteiger partial charge is 0.495 e. The van der Waals surface area contributed by atoms with Crippen molar-refractivity contribution in [3.8, 4) is 5.75 Å². The van der Waals surface area contributed by atoms with Crippen LogP contribution in [0.4, 0.5) is 11.4 Å². The van der Waals surface area contributed by atoms with Crippen molar-refractivity contribution in [2.45, 2.75) is 13.3 Å². The highest BCUT2D eigenvalue weighted by Gasteiger charge is 2.05. The molecule has 0 fully saturated rings. The minimum atomic E-state index is -0.0887. The van der Waals surface area contributed by atoms with Crippen LogP contribution in [0, 0.1) is 0 Å². The van der Waals surface area contributed by atoms with Crippen molar-refractivity contribution in [1.29, 1.82) is 0 Å². The fraction of sp³-hybridized carbons (Fsp3) is 0.235. The summed E-state index contributed by atoms with van der Waals surface area (Å²) in [5.41, 5.74) is 2.82. The molecule has 2 rings (SSSR count). The van der Waals surface area contributed by atoms with E-state index in [1.807, 2.05) is 48.5 Å². The van der Waals surface area contributed by atoms with E-state index in [2.05, 4.69) is 17.6 Å². The van der Waals surface area contributed by atoms with E-state index in [1.165, 1.54) is 5.56 Å². The number of para-hydroxylation sites is 2. The van der Waals surface area contributed by atoms with Crippen LogP contribution in [-0.4, -0.2) is 19.6 Å². The highest BCUT2D eigenvalue weighted by Crippen LogP contribution is 2.22. The Morgan fingerprint density at radius 3 is 2.71 bits per heavy atom. The Morgan fingerprint density at radius 2 is 1.95 bits per heavy atom. The zero-order valence-corrected chi connectivity index (χ0v) is 12.3. The third-order valence-corrected chi connectivity index (χ3v) is 3.17. The van der Waals surface area contributed by atoms with Crippen molar-refractivity contribution < 1.29 is 9.53 Å². The molecule has 0 spiro atoms. The average molecular weight is 284 g/mol.